The summed E-state index contributed by atoms with van der Waals surface area (Å²) in [5.74, 6) is 0.909. The molecule has 3 aliphatic rings. The number of allylic oxidation sites excluding steroid dienone is 1. The first-order chi connectivity index (χ1) is 19.2. The molecule has 1 spiro atoms. The number of ether oxygens (including phenoxy) is 4. The van der Waals surface area contributed by atoms with E-state index in [2.05, 4.69) is 32.9 Å². The average Bonchev–Trinajstić information content (AvgIpc) is 3.61. The fourth-order valence-corrected chi connectivity index (χ4v) is 7.31. The first kappa shape index (κ1) is 28.2. The Hall–Kier alpha value is -3.32. The highest BCUT2D eigenvalue weighted by Crippen LogP contribution is 2.60. The summed E-state index contributed by atoms with van der Waals surface area (Å²) in [5.41, 5.74) is 3.25. The Labute approximate surface area is 242 Å². The first-order valence-electron chi connectivity index (χ1n) is 14.0. The Bertz CT molecular complexity index is 1320. The van der Waals surface area contributed by atoms with Gasteiger partial charge in [-0.1, -0.05) is 48.4 Å². The minimum absolute atomic E-state index is 0.0118. The standard InChI is InChI=1S/C33H38O6S/c1-20(10-9-11-24-14-15-36-19-24)16-25-17-21(2)28-27(38-32(40)37-26-12-7-6-8-13-26)18-22(3)29(28)33(25)30(35-5)23(4)31(34)39-33/h6-8,12-17,19,22,25,27-29H,9-11,18H2,1-5H3/b20-16+/t22-,25+,27+,28+,29+,33-/m0/s1. The van der Waals surface area contributed by atoms with E-state index in [1.165, 1.54) is 16.7 Å². The second-order valence-electron chi connectivity index (χ2n) is 11.4. The number of carbonyl (C=O) groups excluding carboxylic acids is 1. The number of aryl methyl sites for hydroxylation is 1. The van der Waals surface area contributed by atoms with Crippen molar-refractivity contribution in [1.82, 2.24) is 0 Å². The van der Waals surface area contributed by atoms with Crippen LogP contribution in [0.25, 0.3) is 0 Å². The van der Waals surface area contributed by atoms with Gasteiger partial charge in [0.1, 0.15) is 11.9 Å². The van der Waals surface area contributed by atoms with Crippen LogP contribution in [0.3, 0.4) is 0 Å². The molecule has 0 unspecified atom stereocenters. The Balaban J connectivity index is 1.44. The van der Waals surface area contributed by atoms with Gasteiger partial charge in [-0.2, -0.15) is 0 Å². The van der Waals surface area contributed by atoms with E-state index in [0.717, 1.165) is 25.7 Å². The highest BCUT2D eigenvalue weighted by molar-refractivity contribution is 7.79. The molecule has 5 rings (SSSR count). The Morgan fingerprint density at radius 1 is 1.20 bits per heavy atom. The van der Waals surface area contributed by atoms with E-state index in [1.54, 1.807) is 26.6 Å². The van der Waals surface area contributed by atoms with E-state index in [1.807, 2.05) is 36.4 Å². The maximum atomic E-state index is 13.1. The lowest BCUT2D eigenvalue weighted by molar-refractivity contribution is -0.162. The van der Waals surface area contributed by atoms with Crippen molar-refractivity contribution in [3.05, 3.63) is 89.1 Å². The molecule has 1 aliphatic heterocycles. The van der Waals surface area contributed by atoms with Gasteiger partial charge >= 0.3 is 11.2 Å². The molecule has 1 saturated carbocycles. The average molecular weight is 563 g/mol. The van der Waals surface area contributed by atoms with Crippen LogP contribution in [0, 0.1) is 23.7 Å². The van der Waals surface area contributed by atoms with Gasteiger partial charge in [-0.3, -0.25) is 0 Å². The number of rotatable bonds is 8. The number of carbonyl (C=O) groups is 1. The molecule has 1 aromatic carbocycles. The summed E-state index contributed by atoms with van der Waals surface area (Å²) in [6.07, 6.45) is 11.5. The van der Waals surface area contributed by atoms with E-state index in [4.69, 9.17) is 35.6 Å². The molecule has 2 aromatic rings. The van der Waals surface area contributed by atoms with Crippen LogP contribution in [0.15, 0.2) is 88.0 Å². The zero-order valence-corrected chi connectivity index (χ0v) is 24.7. The Morgan fingerprint density at radius 3 is 2.67 bits per heavy atom. The molecule has 212 valence electrons. The molecular formula is C33H38O6S. The number of furan rings is 1. The van der Waals surface area contributed by atoms with Gasteiger partial charge in [-0.15, -0.1) is 0 Å². The van der Waals surface area contributed by atoms with Crippen LogP contribution in [0.2, 0.25) is 0 Å². The lowest BCUT2D eigenvalue weighted by atomic mass is 9.62. The summed E-state index contributed by atoms with van der Waals surface area (Å²) in [7, 11) is 1.64. The van der Waals surface area contributed by atoms with E-state index in [9.17, 15) is 4.79 Å². The number of hydrogen-bond donors (Lipinski definition) is 0. The van der Waals surface area contributed by atoms with Gasteiger partial charge in [0.15, 0.2) is 11.4 Å². The summed E-state index contributed by atoms with van der Waals surface area (Å²) >= 11 is 5.51. The largest absolute Gasteiger partial charge is 0.496 e. The van der Waals surface area contributed by atoms with Crippen molar-refractivity contribution in [2.75, 3.05) is 7.11 Å². The SMILES string of the molecule is COC1=C(C)C(=O)O[C@@]12[C@H]1[C@H](C(C)=C[C@H]2/C=C(\C)CCCc2ccoc2)[C@H](OC(=S)Oc2ccccc2)C[C@@H]1C. The van der Waals surface area contributed by atoms with Crippen molar-refractivity contribution < 1.29 is 28.2 Å². The van der Waals surface area contributed by atoms with E-state index in [-0.39, 0.29) is 41.0 Å². The number of thiocarbonyl (C=S) groups is 1. The van der Waals surface area contributed by atoms with E-state index in [0.29, 0.717) is 17.1 Å². The Morgan fingerprint density at radius 2 is 1.98 bits per heavy atom. The fraction of sp³-hybridized carbons (Fsp3) is 0.455. The van der Waals surface area contributed by atoms with Gasteiger partial charge in [0.05, 0.1) is 25.2 Å². The van der Waals surface area contributed by atoms with Gasteiger partial charge in [0.2, 0.25) is 0 Å². The van der Waals surface area contributed by atoms with Crippen LogP contribution in [0.5, 0.6) is 5.75 Å². The molecule has 6 nitrogen and oxygen atoms in total. The maximum absolute atomic E-state index is 13.1. The van der Waals surface area contributed by atoms with Gasteiger partial charge in [0, 0.05) is 30.0 Å². The summed E-state index contributed by atoms with van der Waals surface area (Å²) < 4.78 is 29.7. The summed E-state index contributed by atoms with van der Waals surface area (Å²) in [6, 6.07) is 11.4. The minimum atomic E-state index is -0.939. The molecule has 0 amide bonds. The normalized spacial score (nSPS) is 29.7. The molecule has 2 heterocycles. The molecule has 0 radical (unpaired) electrons. The molecule has 0 N–H and O–H groups in total. The number of esters is 1. The number of hydrogen-bond acceptors (Lipinski definition) is 7. The van der Waals surface area contributed by atoms with Gasteiger partial charge in [-0.25, -0.2) is 4.79 Å². The van der Waals surface area contributed by atoms with Gasteiger partial charge in [0.25, 0.3) is 0 Å². The highest BCUT2D eigenvalue weighted by Gasteiger charge is 2.66. The topological polar surface area (TPSA) is 67.1 Å². The second-order valence-corrected chi connectivity index (χ2v) is 11.7. The molecular weight excluding hydrogens is 524 g/mol. The maximum Gasteiger partial charge on any atom is 0.358 e. The van der Waals surface area contributed by atoms with Crippen LogP contribution in [0.4, 0.5) is 0 Å². The quantitative estimate of drug-likeness (QED) is 0.189. The minimum Gasteiger partial charge on any atom is -0.496 e. The third kappa shape index (κ3) is 5.24. The van der Waals surface area contributed by atoms with Crippen LogP contribution < -0.4 is 4.74 Å². The zero-order valence-electron chi connectivity index (χ0n) is 23.8. The molecule has 0 bridgehead atoms. The van der Waals surface area contributed by atoms with Crippen LogP contribution >= 0.6 is 12.2 Å². The number of para-hydroxylation sites is 1. The van der Waals surface area contributed by atoms with Crippen LogP contribution in [0.1, 0.15) is 52.5 Å². The van der Waals surface area contributed by atoms with Crippen molar-refractivity contribution >= 4 is 23.4 Å². The third-order valence-electron chi connectivity index (χ3n) is 8.70. The first-order valence-corrected chi connectivity index (χ1v) is 14.4. The molecule has 1 fully saturated rings. The third-order valence-corrected chi connectivity index (χ3v) is 8.88. The van der Waals surface area contributed by atoms with Gasteiger partial charge in [-0.05, 0) is 76.1 Å². The van der Waals surface area contributed by atoms with Crippen molar-refractivity contribution in [2.24, 2.45) is 23.7 Å². The van der Waals surface area contributed by atoms with Crippen molar-refractivity contribution in [3.8, 4) is 5.75 Å². The fourth-order valence-electron chi connectivity index (χ4n) is 7.09. The lowest BCUT2D eigenvalue weighted by Crippen LogP contribution is -2.53. The Kier molecular flexibility index (Phi) is 8.22. The predicted octanol–water partition coefficient (Wildman–Crippen LogP) is 7.36. The zero-order chi connectivity index (χ0) is 28.4. The number of benzene rings is 1. The summed E-state index contributed by atoms with van der Waals surface area (Å²) in [6.45, 7) is 8.30. The van der Waals surface area contributed by atoms with Crippen molar-refractivity contribution in [1.29, 1.82) is 0 Å². The summed E-state index contributed by atoms with van der Waals surface area (Å²) in [4.78, 5) is 13.1. The molecule has 6 atom stereocenters. The highest BCUT2D eigenvalue weighted by atomic mass is 32.1. The second kappa shape index (κ2) is 11.7. The van der Waals surface area contributed by atoms with E-state index < -0.39 is 5.60 Å². The number of methoxy groups -OCH3 is 1. The molecule has 40 heavy (non-hydrogen) atoms. The van der Waals surface area contributed by atoms with Crippen LogP contribution in [-0.2, 0) is 25.4 Å². The summed E-state index contributed by atoms with van der Waals surface area (Å²) in [5, 5.41) is 0.100. The predicted molar refractivity (Wildman–Crippen MR) is 156 cm³/mol. The van der Waals surface area contributed by atoms with E-state index >= 15 is 0 Å². The smallest absolute Gasteiger partial charge is 0.358 e. The molecule has 7 heteroatoms. The van der Waals surface area contributed by atoms with Crippen molar-refractivity contribution in [2.45, 2.75) is 65.1 Å². The van der Waals surface area contributed by atoms with Gasteiger partial charge < -0.3 is 23.4 Å². The molecule has 1 aromatic heterocycles. The van der Waals surface area contributed by atoms with Crippen LogP contribution in [-0.4, -0.2) is 30.0 Å². The molecule has 2 aliphatic carbocycles. The molecule has 0 saturated heterocycles. The monoisotopic (exact) mass is 562 g/mol. The number of fused-ring (bicyclic) bond motifs is 2. The lowest BCUT2D eigenvalue weighted by Gasteiger charge is -2.48. The van der Waals surface area contributed by atoms with Crippen molar-refractivity contribution in [3.63, 3.8) is 0 Å².